The highest BCUT2D eigenvalue weighted by atomic mass is 32.2. The number of rotatable bonds is 11. The van der Waals surface area contributed by atoms with E-state index in [1.807, 2.05) is 31.2 Å². The number of anilines is 1. The Morgan fingerprint density at radius 3 is 2.60 bits per heavy atom. The highest BCUT2D eigenvalue weighted by molar-refractivity contribution is 7.92. The molecule has 0 saturated carbocycles. The summed E-state index contributed by atoms with van der Waals surface area (Å²) in [6, 6.07) is 12.8. The fourth-order valence-electron chi connectivity index (χ4n) is 2.86. The largest absolute Gasteiger partial charge is 0.494 e. The Morgan fingerprint density at radius 1 is 1.20 bits per heavy atom. The highest BCUT2D eigenvalue weighted by Gasteiger charge is 2.22. The Morgan fingerprint density at radius 2 is 1.93 bits per heavy atom. The van der Waals surface area contributed by atoms with Gasteiger partial charge in [-0.15, -0.1) is 0 Å². The number of ether oxygens (including phenoxy) is 1. The number of hydrogen-bond acceptors (Lipinski definition) is 6. The summed E-state index contributed by atoms with van der Waals surface area (Å²) >= 11 is 0. The first-order valence-electron chi connectivity index (χ1n) is 9.42. The van der Waals surface area contributed by atoms with Crippen molar-refractivity contribution in [2.75, 3.05) is 30.3 Å². The minimum Gasteiger partial charge on any atom is -0.494 e. The molecule has 10 heteroatoms. The lowest BCUT2D eigenvalue weighted by Crippen LogP contribution is -2.40. The van der Waals surface area contributed by atoms with Crippen LogP contribution in [0.15, 0.2) is 48.5 Å². The Labute approximate surface area is 175 Å². The molecule has 0 aliphatic rings. The molecular formula is C20H25N3O6S. The molecule has 0 spiro atoms. The molecule has 0 heterocycles. The molecule has 0 unspecified atom stereocenters. The topological polar surface area (TPSA) is 119 Å². The van der Waals surface area contributed by atoms with Crippen molar-refractivity contribution in [3.8, 4) is 5.75 Å². The van der Waals surface area contributed by atoms with E-state index in [4.69, 9.17) is 4.74 Å². The smallest absolute Gasteiger partial charge is 0.271 e. The molecular weight excluding hydrogens is 410 g/mol. The average Bonchev–Trinajstić information content (AvgIpc) is 2.70. The number of nitrogens with one attached hydrogen (secondary N) is 1. The van der Waals surface area contributed by atoms with Crippen molar-refractivity contribution in [3.63, 3.8) is 0 Å². The van der Waals surface area contributed by atoms with E-state index in [-0.39, 0.29) is 11.4 Å². The molecule has 0 radical (unpaired) electrons. The van der Waals surface area contributed by atoms with Crippen molar-refractivity contribution >= 4 is 27.3 Å². The van der Waals surface area contributed by atoms with Crippen LogP contribution >= 0.6 is 0 Å². The van der Waals surface area contributed by atoms with Crippen LogP contribution in [0.5, 0.6) is 5.75 Å². The molecule has 0 saturated heterocycles. The van der Waals surface area contributed by atoms with Gasteiger partial charge in [-0.25, -0.2) is 8.42 Å². The first-order valence-corrected chi connectivity index (χ1v) is 11.3. The number of sulfonamides is 1. The maximum absolute atomic E-state index is 12.3. The fraction of sp³-hybridized carbons (Fsp3) is 0.350. The van der Waals surface area contributed by atoms with Crippen molar-refractivity contribution < 1.29 is 22.9 Å². The molecule has 1 N–H and O–H groups in total. The molecule has 2 rings (SSSR count). The van der Waals surface area contributed by atoms with E-state index in [0.717, 1.165) is 27.9 Å². The summed E-state index contributed by atoms with van der Waals surface area (Å²) in [7, 11) is -3.81. The van der Waals surface area contributed by atoms with Gasteiger partial charge in [0, 0.05) is 18.7 Å². The summed E-state index contributed by atoms with van der Waals surface area (Å²) in [6.45, 7) is 2.36. The third-order valence-electron chi connectivity index (χ3n) is 4.23. The van der Waals surface area contributed by atoms with Gasteiger partial charge in [0.15, 0.2) is 0 Å². The van der Waals surface area contributed by atoms with Crippen LogP contribution in [0, 0.1) is 10.1 Å². The second-order valence-corrected chi connectivity index (χ2v) is 8.45. The molecule has 0 aromatic heterocycles. The summed E-state index contributed by atoms with van der Waals surface area (Å²) in [5, 5.41) is 13.6. The molecule has 2 aromatic carbocycles. The summed E-state index contributed by atoms with van der Waals surface area (Å²) in [5.41, 5.74) is 0.838. The number of hydrogen-bond donors (Lipinski definition) is 1. The van der Waals surface area contributed by atoms with Crippen LogP contribution in [0.1, 0.15) is 18.9 Å². The van der Waals surface area contributed by atoms with Crippen LogP contribution in [-0.4, -0.2) is 45.2 Å². The highest BCUT2D eigenvalue weighted by Crippen LogP contribution is 2.23. The molecule has 9 nitrogen and oxygen atoms in total. The van der Waals surface area contributed by atoms with Crippen LogP contribution in [0.2, 0.25) is 0 Å². The number of benzene rings is 2. The van der Waals surface area contributed by atoms with Gasteiger partial charge in [0.1, 0.15) is 12.3 Å². The van der Waals surface area contributed by atoms with E-state index in [1.165, 1.54) is 18.2 Å². The maximum Gasteiger partial charge on any atom is 0.271 e. The van der Waals surface area contributed by atoms with Gasteiger partial charge in [-0.2, -0.15) is 0 Å². The first kappa shape index (κ1) is 23.1. The Kier molecular flexibility index (Phi) is 8.16. The summed E-state index contributed by atoms with van der Waals surface area (Å²) in [4.78, 5) is 22.6. The molecule has 0 atom stereocenters. The summed E-state index contributed by atoms with van der Waals surface area (Å²) < 4.78 is 30.7. The lowest BCUT2D eigenvalue weighted by Gasteiger charge is -2.21. The summed E-state index contributed by atoms with van der Waals surface area (Å²) in [6.07, 6.45) is 2.28. The van der Waals surface area contributed by atoms with Gasteiger partial charge in [-0.05, 0) is 37.5 Å². The quantitative estimate of drug-likeness (QED) is 0.329. The zero-order valence-electron chi connectivity index (χ0n) is 16.9. The second-order valence-electron chi connectivity index (χ2n) is 6.54. The zero-order valence-corrected chi connectivity index (χ0v) is 17.7. The van der Waals surface area contributed by atoms with E-state index in [0.29, 0.717) is 26.0 Å². The first-order chi connectivity index (χ1) is 14.2. The van der Waals surface area contributed by atoms with Crippen LogP contribution in [0.25, 0.3) is 0 Å². The lowest BCUT2D eigenvalue weighted by molar-refractivity contribution is -0.384. The number of aryl methyl sites for hydroxylation is 1. The number of non-ortho nitro benzene ring substituents is 1. The van der Waals surface area contributed by atoms with Gasteiger partial charge in [-0.1, -0.05) is 24.3 Å². The molecule has 2 aromatic rings. The van der Waals surface area contributed by atoms with Gasteiger partial charge in [0.25, 0.3) is 5.69 Å². The van der Waals surface area contributed by atoms with Gasteiger partial charge in [0.05, 0.1) is 23.5 Å². The van der Waals surface area contributed by atoms with Crippen LogP contribution < -0.4 is 14.4 Å². The van der Waals surface area contributed by atoms with Crippen LogP contribution in [-0.2, 0) is 21.2 Å². The van der Waals surface area contributed by atoms with Gasteiger partial charge in [-0.3, -0.25) is 19.2 Å². The Balaban J connectivity index is 1.96. The van der Waals surface area contributed by atoms with E-state index in [1.54, 1.807) is 0 Å². The molecule has 1 amide bonds. The minimum absolute atomic E-state index is 0.0625. The predicted octanol–water partition coefficient (Wildman–Crippen LogP) is 2.51. The maximum atomic E-state index is 12.3. The summed E-state index contributed by atoms with van der Waals surface area (Å²) in [5.74, 6) is 0.310. The van der Waals surface area contributed by atoms with E-state index in [9.17, 15) is 23.3 Å². The zero-order chi connectivity index (χ0) is 22.1. The molecule has 0 aliphatic heterocycles. The van der Waals surface area contributed by atoms with Gasteiger partial charge >= 0.3 is 0 Å². The normalized spacial score (nSPS) is 11.0. The number of amides is 1. The van der Waals surface area contributed by atoms with Crippen molar-refractivity contribution in [2.45, 2.75) is 19.8 Å². The van der Waals surface area contributed by atoms with E-state index >= 15 is 0 Å². The van der Waals surface area contributed by atoms with Crippen LogP contribution in [0.4, 0.5) is 11.4 Å². The third kappa shape index (κ3) is 6.73. The third-order valence-corrected chi connectivity index (χ3v) is 5.37. The van der Waals surface area contributed by atoms with Gasteiger partial charge in [0.2, 0.25) is 15.9 Å². The molecule has 0 fully saturated rings. The van der Waals surface area contributed by atoms with Crippen molar-refractivity contribution in [2.24, 2.45) is 0 Å². The predicted molar refractivity (Wildman–Crippen MR) is 114 cm³/mol. The number of carbonyl (C=O) groups is 1. The lowest BCUT2D eigenvalue weighted by atomic mass is 10.1. The number of nitrogens with zero attached hydrogens (tertiary/aromatic N) is 2. The fourth-order valence-corrected chi connectivity index (χ4v) is 3.71. The number of nitro groups is 1. The van der Waals surface area contributed by atoms with Crippen molar-refractivity contribution in [1.29, 1.82) is 0 Å². The number of nitro benzene ring substituents is 1. The average molecular weight is 436 g/mol. The standard InChI is InChI=1S/C20H25N3O6S/c1-3-29-19-12-5-4-8-16(19)9-7-13-21-20(24)15-22(30(2,27)28)17-10-6-11-18(14-17)23(25)26/h4-6,8,10-12,14H,3,7,9,13,15H2,1-2H3,(H,21,24). The second kappa shape index (κ2) is 10.6. The SMILES string of the molecule is CCOc1ccccc1CCCNC(=O)CN(c1cccc([N+](=O)[O-])c1)S(C)(=O)=O. The van der Waals surface area contributed by atoms with Crippen molar-refractivity contribution in [3.05, 3.63) is 64.2 Å². The Bertz CT molecular complexity index is 994. The monoisotopic (exact) mass is 435 g/mol. The number of carbonyl (C=O) groups excluding carboxylic acids is 1. The van der Waals surface area contributed by atoms with Gasteiger partial charge < -0.3 is 10.1 Å². The molecule has 30 heavy (non-hydrogen) atoms. The Hall–Kier alpha value is -3.14. The molecule has 162 valence electrons. The van der Waals surface area contributed by atoms with E-state index in [2.05, 4.69) is 5.32 Å². The minimum atomic E-state index is -3.81. The number of para-hydroxylation sites is 1. The van der Waals surface area contributed by atoms with Crippen molar-refractivity contribution in [1.82, 2.24) is 5.32 Å². The molecule has 0 aliphatic carbocycles. The van der Waals surface area contributed by atoms with E-state index < -0.39 is 27.4 Å². The van der Waals surface area contributed by atoms with Crippen LogP contribution in [0.3, 0.4) is 0 Å². The molecule has 0 bridgehead atoms.